The Balaban J connectivity index is 1.79. The lowest BCUT2D eigenvalue weighted by molar-refractivity contribution is 0.140. The number of hydrogen-bond donors (Lipinski definition) is 0. The van der Waals surface area contributed by atoms with Gasteiger partial charge in [-0.15, -0.1) is 0 Å². The molecule has 1 aliphatic carbocycles. The van der Waals surface area contributed by atoms with Crippen LogP contribution in [0.25, 0.3) is 11.1 Å². The second-order valence-electron chi connectivity index (χ2n) is 10.1. The smallest absolute Gasteiger partial charge is 0.189 e. The van der Waals surface area contributed by atoms with Crippen LogP contribution >= 0.6 is 0 Å². The summed E-state index contributed by atoms with van der Waals surface area (Å²) in [5.74, 6) is 0.703. The molecule has 0 saturated heterocycles. The van der Waals surface area contributed by atoms with Gasteiger partial charge in [0.1, 0.15) is 0 Å². The molecular formula is C33H42N4O. The van der Waals surface area contributed by atoms with Gasteiger partial charge in [0, 0.05) is 79.9 Å². The average molecular weight is 511 g/mol. The third-order valence-electron chi connectivity index (χ3n) is 8.38. The number of anilines is 3. The maximum Gasteiger partial charge on any atom is 0.189 e. The molecule has 0 radical (unpaired) electrons. The summed E-state index contributed by atoms with van der Waals surface area (Å²) in [5, 5.41) is 0. The lowest BCUT2D eigenvalue weighted by atomic mass is 9.81. The number of benzene rings is 3. The van der Waals surface area contributed by atoms with E-state index < -0.39 is 5.60 Å². The lowest BCUT2D eigenvalue weighted by Crippen LogP contribution is -2.35. The van der Waals surface area contributed by atoms with Crippen molar-refractivity contribution < 1.29 is 4.74 Å². The fourth-order valence-electron chi connectivity index (χ4n) is 6.40. The van der Waals surface area contributed by atoms with Crippen molar-refractivity contribution in [1.82, 2.24) is 0 Å². The molecule has 0 saturated carbocycles. The van der Waals surface area contributed by atoms with Crippen LogP contribution in [0.4, 0.5) is 22.7 Å². The highest BCUT2D eigenvalue weighted by atomic mass is 16.5. The zero-order valence-corrected chi connectivity index (χ0v) is 24.1. The Morgan fingerprint density at radius 1 is 0.579 bits per heavy atom. The highest BCUT2D eigenvalue weighted by molar-refractivity contribution is 5.92. The van der Waals surface area contributed by atoms with Gasteiger partial charge in [-0.25, -0.2) is 4.99 Å². The van der Waals surface area contributed by atoms with Crippen molar-refractivity contribution in [3.8, 4) is 11.1 Å². The van der Waals surface area contributed by atoms with Gasteiger partial charge in [-0.1, -0.05) is 18.2 Å². The van der Waals surface area contributed by atoms with Gasteiger partial charge >= 0.3 is 0 Å². The minimum Gasteiger partial charge on any atom is -0.460 e. The Hall–Kier alpha value is -3.47. The Kier molecular flexibility index (Phi) is 7.13. The van der Waals surface area contributed by atoms with E-state index >= 15 is 0 Å². The third-order valence-corrected chi connectivity index (χ3v) is 8.38. The van der Waals surface area contributed by atoms with Gasteiger partial charge < -0.3 is 19.4 Å². The molecule has 1 aliphatic heterocycles. The van der Waals surface area contributed by atoms with Crippen LogP contribution in [0, 0.1) is 0 Å². The van der Waals surface area contributed by atoms with Gasteiger partial charge in [0.25, 0.3) is 0 Å². The van der Waals surface area contributed by atoms with E-state index in [4.69, 9.17) is 9.73 Å². The number of fused-ring (bicyclic) bond motifs is 7. The van der Waals surface area contributed by atoms with Crippen LogP contribution in [0.5, 0.6) is 0 Å². The van der Waals surface area contributed by atoms with Crippen molar-refractivity contribution in [2.75, 3.05) is 54.0 Å². The van der Waals surface area contributed by atoms with E-state index in [9.17, 15) is 0 Å². The third kappa shape index (κ3) is 3.95. The Morgan fingerprint density at radius 3 is 1.66 bits per heavy atom. The quantitative estimate of drug-likeness (QED) is 0.297. The summed E-state index contributed by atoms with van der Waals surface area (Å²) in [6, 6.07) is 20.6. The maximum atomic E-state index is 6.93. The maximum absolute atomic E-state index is 6.93. The molecule has 5 rings (SSSR count). The molecule has 1 spiro atoms. The molecule has 1 heterocycles. The van der Waals surface area contributed by atoms with Gasteiger partial charge in [0.05, 0.1) is 5.69 Å². The normalized spacial score (nSPS) is 16.9. The topological polar surface area (TPSA) is 31.3 Å². The largest absolute Gasteiger partial charge is 0.460 e. The van der Waals surface area contributed by atoms with Crippen molar-refractivity contribution in [1.29, 1.82) is 0 Å². The second-order valence-corrected chi connectivity index (χ2v) is 10.1. The van der Waals surface area contributed by atoms with Crippen LogP contribution < -0.4 is 14.7 Å². The number of ether oxygens (including phenoxy) is 1. The van der Waals surface area contributed by atoms with Crippen LogP contribution in [0.15, 0.2) is 59.6 Å². The predicted octanol–water partition coefficient (Wildman–Crippen LogP) is 7.58. The first kappa shape index (κ1) is 26.1. The predicted molar refractivity (Wildman–Crippen MR) is 163 cm³/mol. The van der Waals surface area contributed by atoms with Crippen molar-refractivity contribution in [3.63, 3.8) is 0 Å². The van der Waals surface area contributed by atoms with Crippen molar-refractivity contribution in [2.24, 2.45) is 4.99 Å². The molecule has 0 aromatic heterocycles. The van der Waals surface area contributed by atoms with E-state index in [1.54, 1.807) is 0 Å². The van der Waals surface area contributed by atoms with E-state index in [-0.39, 0.29) is 0 Å². The van der Waals surface area contributed by atoms with Crippen LogP contribution in [0.3, 0.4) is 0 Å². The Labute approximate surface area is 228 Å². The average Bonchev–Trinajstić information content (AvgIpc) is 3.19. The first-order valence-corrected chi connectivity index (χ1v) is 14.4. The standard InChI is InChI=1S/C33H42N4O/c1-8-35(9-2)24-15-18-29-28(20-24)27-17-14-25(36(10-3)11-4)21-31(27)33(29)30-19-16-26(37(12-5)13-6)22-32(30)34-23(7)38-33/h14-22H,8-13H2,1-7H3. The summed E-state index contributed by atoms with van der Waals surface area (Å²) in [7, 11) is 0. The Bertz CT molecular complexity index is 1350. The van der Waals surface area contributed by atoms with E-state index in [0.29, 0.717) is 5.90 Å². The fraction of sp³-hybridized carbons (Fsp3) is 0.424. The highest BCUT2D eigenvalue weighted by Gasteiger charge is 2.50. The second kappa shape index (κ2) is 10.4. The summed E-state index contributed by atoms with van der Waals surface area (Å²) < 4.78 is 6.93. The number of aliphatic imine (C=N–C) groups is 1. The van der Waals surface area contributed by atoms with E-state index in [0.717, 1.165) is 50.5 Å². The first-order valence-electron chi connectivity index (χ1n) is 14.4. The SMILES string of the molecule is CCN(CC)c1ccc2c(c1)N=C(C)OC21c2ccc(N(CC)CC)cc2-c2ccc(N(CC)CC)cc21. The molecule has 2 aliphatic rings. The number of hydrogen-bond acceptors (Lipinski definition) is 5. The van der Waals surface area contributed by atoms with Crippen molar-refractivity contribution in [3.05, 3.63) is 71.3 Å². The van der Waals surface area contributed by atoms with Crippen LogP contribution in [0.1, 0.15) is 65.2 Å². The van der Waals surface area contributed by atoms with E-state index in [1.807, 2.05) is 6.92 Å². The molecule has 0 amide bonds. The molecule has 5 heteroatoms. The van der Waals surface area contributed by atoms with Crippen molar-refractivity contribution in [2.45, 2.75) is 54.1 Å². The summed E-state index contributed by atoms with van der Waals surface area (Å²) >= 11 is 0. The molecular weight excluding hydrogens is 468 g/mol. The zero-order chi connectivity index (χ0) is 27.0. The van der Waals surface area contributed by atoms with E-state index in [2.05, 4.69) is 111 Å². The number of rotatable bonds is 9. The zero-order valence-electron chi connectivity index (χ0n) is 24.1. The summed E-state index contributed by atoms with van der Waals surface area (Å²) in [4.78, 5) is 12.1. The first-order chi connectivity index (χ1) is 18.4. The van der Waals surface area contributed by atoms with E-state index in [1.165, 1.54) is 39.3 Å². The minimum atomic E-state index is -0.724. The van der Waals surface area contributed by atoms with Gasteiger partial charge in [-0.3, -0.25) is 0 Å². The molecule has 0 bridgehead atoms. The van der Waals surface area contributed by atoms with Crippen molar-refractivity contribution >= 4 is 28.6 Å². The number of nitrogens with zero attached hydrogens (tertiary/aromatic N) is 4. The molecule has 3 aromatic carbocycles. The Morgan fingerprint density at radius 2 is 1.08 bits per heavy atom. The van der Waals surface area contributed by atoms with Crippen LogP contribution in [-0.4, -0.2) is 45.2 Å². The highest BCUT2D eigenvalue weighted by Crippen LogP contribution is 2.58. The fourth-order valence-corrected chi connectivity index (χ4v) is 6.40. The molecule has 200 valence electrons. The monoisotopic (exact) mass is 510 g/mol. The summed E-state index contributed by atoms with van der Waals surface area (Å²) in [5.41, 5.74) is 9.99. The summed E-state index contributed by atoms with van der Waals surface area (Å²) in [6.07, 6.45) is 0. The molecule has 1 atom stereocenters. The van der Waals surface area contributed by atoms with Gasteiger partial charge in [-0.05, 0) is 89.1 Å². The molecule has 5 nitrogen and oxygen atoms in total. The minimum absolute atomic E-state index is 0.703. The summed E-state index contributed by atoms with van der Waals surface area (Å²) in [6.45, 7) is 21.1. The van der Waals surface area contributed by atoms with Gasteiger partial charge in [0.2, 0.25) is 0 Å². The molecule has 38 heavy (non-hydrogen) atoms. The molecule has 3 aromatic rings. The molecule has 0 N–H and O–H groups in total. The van der Waals surface area contributed by atoms with Gasteiger partial charge in [0.15, 0.2) is 11.5 Å². The molecule has 1 unspecified atom stereocenters. The van der Waals surface area contributed by atoms with Crippen LogP contribution in [-0.2, 0) is 10.3 Å². The van der Waals surface area contributed by atoms with Gasteiger partial charge in [-0.2, -0.15) is 0 Å². The molecule has 0 fully saturated rings. The van der Waals surface area contributed by atoms with Crippen LogP contribution in [0.2, 0.25) is 0 Å². The lowest BCUT2D eigenvalue weighted by Gasteiger charge is -2.38.